The molecule has 0 aromatic rings. The number of rotatable bonds is 8. The van der Waals surface area contributed by atoms with Crippen molar-refractivity contribution in [3.05, 3.63) is 0 Å². The summed E-state index contributed by atoms with van der Waals surface area (Å²) in [4.78, 5) is 12.7. The minimum absolute atomic E-state index is 0.00211. The Morgan fingerprint density at radius 1 is 1.27 bits per heavy atom. The van der Waals surface area contributed by atoms with Gasteiger partial charge < -0.3 is 30.7 Å². The lowest BCUT2D eigenvalue weighted by molar-refractivity contribution is -0.208. The van der Waals surface area contributed by atoms with E-state index >= 15 is 0 Å². The summed E-state index contributed by atoms with van der Waals surface area (Å²) in [6.45, 7) is 6.87. The molecule has 152 valence electrons. The van der Waals surface area contributed by atoms with E-state index in [0.717, 1.165) is 25.8 Å². The fourth-order valence-electron chi connectivity index (χ4n) is 3.69. The Kier molecular flexibility index (Phi) is 8.18. The monoisotopic (exact) mass is 390 g/mol. The highest BCUT2D eigenvalue weighted by atomic mass is 32.2. The predicted molar refractivity (Wildman–Crippen MR) is 102 cm³/mol. The Morgan fingerprint density at radius 2 is 1.96 bits per heavy atom. The van der Waals surface area contributed by atoms with Crippen LogP contribution >= 0.6 is 11.8 Å². The molecule has 0 saturated carbocycles. The van der Waals surface area contributed by atoms with Gasteiger partial charge in [0.15, 0.2) is 0 Å². The molecule has 2 fully saturated rings. The van der Waals surface area contributed by atoms with Crippen LogP contribution in [-0.4, -0.2) is 76.0 Å². The zero-order valence-corrected chi connectivity index (χ0v) is 16.9. The van der Waals surface area contributed by atoms with Crippen molar-refractivity contribution in [3.8, 4) is 0 Å². The van der Waals surface area contributed by atoms with E-state index in [2.05, 4.69) is 17.6 Å². The maximum Gasteiger partial charge on any atom is 0.237 e. The second-order valence-corrected chi connectivity index (χ2v) is 8.68. The summed E-state index contributed by atoms with van der Waals surface area (Å²) >= 11 is 1.27. The Morgan fingerprint density at radius 3 is 2.46 bits per heavy atom. The van der Waals surface area contributed by atoms with Gasteiger partial charge in [-0.05, 0) is 24.5 Å². The standard InChI is InChI=1S/C18H34N2O5S/c1-5-6-7-10-8-19-12(10)17(24)20-11(9(2)3)16-14(22)13(21)15(23)18(25-16)26-4/h9-16,18-19,21-23H,5-8H2,1-4H3,(H,20,24)/t10-,11+,12-,13-,14+,15+,16+,18+/m0/s1. The van der Waals surface area contributed by atoms with E-state index in [1.165, 1.54) is 11.8 Å². The summed E-state index contributed by atoms with van der Waals surface area (Å²) in [5, 5.41) is 36.8. The number of aliphatic hydroxyl groups is 3. The van der Waals surface area contributed by atoms with Gasteiger partial charge in [0.25, 0.3) is 0 Å². The van der Waals surface area contributed by atoms with Crippen LogP contribution < -0.4 is 10.6 Å². The molecule has 0 bridgehead atoms. The maximum atomic E-state index is 12.7. The first kappa shape index (κ1) is 21.9. The average molecular weight is 391 g/mol. The van der Waals surface area contributed by atoms with Gasteiger partial charge in [-0.2, -0.15) is 0 Å². The molecule has 0 spiro atoms. The predicted octanol–water partition coefficient (Wildman–Crippen LogP) is 0.0760. The molecule has 2 aliphatic heterocycles. The summed E-state index contributed by atoms with van der Waals surface area (Å²) < 4.78 is 5.85. The number of nitrogens with one attached hydrogen (secondary N) is 2. The van der Waals surface area contributed by atoms with Crippen LogP contribution in [0.1, 0.15) is 40.0 Å². The molecule has 5 N–H and O–H groups in total. The Labute approximate surface area is 160 Å². The highest BCUT2D eigenvalue weighted by Crippen LogP contribution is 2.30. The Bertz CT molecular complexity index is 465. The van der Waals surface area contributed by atoms with Gasteiger partial charge in [0.2, 0.25) is 5.91 Å². The van der Waals surface area contributed by atoms with E-state index in [0.29, 0.717) is 5.92 Å². The third-order valence-corrected chi connectivity index (χ3v) is 6.36. The molecule has 2 saturated heterocycles. The molecule has 8 atom stereocenters. The normalized spacial score (nSPS) is 38.7. The number of carbonyl (C=O) groups is 1. The Hall–Kier alpha value is -0.380. The van der Waals surface area contributed by atoms with Crippen molar-refractivity contribution >= 4 is 17.7 Å². The molecule has 0 aromatic carbocycles. The summed E-state index contributed by atoms with van der Waals surface area (Å²) in [6, 6.07) is -0.668. The SMILES string of the molecule is CCCC[C@H]1CN[C@@H]1C(=O)N[C@H](C(C)C)[C@H]1O[C@H](SC)[C@H](O)[C@@H](O)[C@H]1O. The number of aliphatic hydroxyl groups excluding tert-OH is 3. The van der Waals surface area contributed by atoms with E-state index < -0.39 is 35.9 Å². The highest BCUT2D eigenvalue weighted by molar-refractivity contribution is 7.99. The van der Waals surface area contributed by atoms with Crippen LogP contribution in [0.4, 0.5) is 0 Å². The molecular weight excluding hydrogens is 356 g/mol. The van der Waals surface area contributed by atoms with E-state index in [1.807, 2.05) is 13.8 Å². The lowest BCUT2D eigenvalue weighted by Crippen LogP contribution is -2.67. The number of ether oxygens (including phenoxy) is 1. The van der Waals surface area contributed by atoms with Crippen molar-refractivity contribution < 1.29 is 24.9 Å². The lowest BCUT2D eigenvalue weighted by Gasteiger charge is -2.45. The van der Waals surface area contributed by atoms with Crippen LogP contribution in [0.25, 0.3) is 0 Å². The zero-order valence-electron chi connectivity index (χ0n) is 16.1. The van der Waals surface area contributed by atoms with Crippen molar-refractivity contribution in [2.75, 3.05) is 12.8 Å². The van der Waals surface area contributed by atoms with Crippen LogP contribution in [-0.2, 0) is 9.53 Å². The van der Waals surface area contributed by atoms with Crippen LogP contribution in [0.3, 0.4) is 0 Å². The van der Waals surface area contributed by atoms with Crippen molar-refractivity contribution in [1.82, 2.24) is 10.6 Å². The van der Waals surface area contributed by atoms with Crippen LogP contribution in [0.15, 0.2) is 0 Å². The highest BCUT2D eigenvalue weighted by Gasteiger charge is 2.48. The summed E-state index contributed by atoms with van der Waals surface area (Å²) in [5.41, 5.74) is -0.643. The molecular formula is C18H34N2O5S. The second kappa shape index (κ2) is 9.71. The minimum atomic E-state index is -1.30. The quantitative estimate of drug-likeness (QED) is 0.399. The molecule has 8 heteroatoms. The number of amides is 1. The van der Waals surface area contributed by atoms with Crippen LogP contribution in [0, 0.1) is 11.8 Å². The average Bonchev–Trinajstić information content (AvgIpc) is 2.57. The molecule has 2 aliphatic rings. The summed E-state index contributed by atoms with van der Waals surface area (Å²) in [5.74, 6) is 0.247. The number of unbranched alkanes of at least 4 members (excludes halogenated alkanes) is 1. The molecule has 0 unspecified atom stereocenters. The topological polar surface area (TPSA) is 111 Å². The van der Waals surface area contributed by atoms with Crippen molar-refractivity contribution in [1.29, 1.82) is 0 Å². The zero-order chi connectivity index (χ0) is 19.4. The molecule has 0 aliphatic carbocycles. The smallest absolute Gasteiger partial charge is 0.237 e. The molecule has 26 heavy (non-hydrogen) atoms. The van der Waals surface area contributed by atoms with E-state index in [9.17, 15) is 20.1 Å². The fourth-order valence-corrected chi connectivity index (χ4v) is 4.37. The summed E-state index contributed by atoms with van der Waals surface area (Å²) in [7, 11) is 0. The van der Waals surface area contributed by atoms with E-state index in [-0.39, 0.29) is 17.9 Å². The third-order valence-electron chi connectivity index (χ3n) is 5.50. The lowest BCUT2D eigenvalue weighted by atomic mass is 9.85. The fraction of sp³-hybridized carbons (Fsp3) is 0.944. The first-order valence-corrected chi connectivity index (χ1v) is 10.9. The van der Waals surface area contributed by atoms with Crippen molar-refractivity contribution in [2.24, 2.45) is 11.8 Å². The molecule has 0 radical (unpaired) electrons. The van der Waals surface area contributed by atoms with Crippen LogP contribution in [0.5, 0.6) is 0 Å². The minimum Gasteiger partial charge on any atom is -0.388 e. The van der Waals surface area contributed by atoms with Crippen LogP contribution in [0.2, 0.25) is 0 Å². The van der Waals surface area contributed by atoms with E-state index in [4.69, 9.17) is 4.74 Å². The molecule has 0 aromatic heterocycles. The van der Waals surface area contributed by atoms with Gasteiger partial charge in [-0.1, -0.05) is 33.6 Å². The number of carbonyl (C=O) groups excluding carboxylic acids is 1. The van der Waals surface area contributed by atoms with Gasteiger partial charge >= 0.3 is 0 Å². The molecule has 7 nitrogen and oxygen atoms in total. The van der Waals surface area contributed by atoms with Crippen molar-refractivity contribution in [3.63, 3.8) is 0 Å². The van der Waals surface area contributed by atoms with Gasteiger partial charge in [-0.15, -0.1) is 11.8 Å². The first-order valence-electron chi connectivity index (χ1n) is 9.58. The van der Waals surface area contributed by atoms with Gasteiger partial charge in [0.1, 0.15) is 29.9 Å². The summed E-state index contributed by atoms with van der Waals surface area (Å²) in [6.07, 6.45) is 0.515. The maximum absolute atomic E-state index is 12.7. The first-order chi connectivity index (χ1) is 12.3. The van der Waals surface area contributed by atoms with Crippen molar-refractivity contribution in [2.45, 2.75) is 82.0 Å². The third kappa shape index (κ3) is 4.72. The van der Waals surface area contributed by atoms with Gasteiger partial charge in [-0.3, -0.25) is 4.79 Å². The molecule has 2 rings (SSSR count). The molecule has 1 amide bonds. The molecule has 2 heterocycles. The number of hydrogen-bond acceptors (Lipinski definition) is 7. The Balaban J connectivity index is 2.05. The second-order valence-electron chi connectivity index (χ2n) is 7.74. The van der Waals surface area contributed by atoms with Gasteiger partial charge in [0.05, 0.1) is 12.1 Å². The van der Waals surface area contributed by atoms with E-state index in [1.54, 1.807) is 6.26 Å². The number of thioether (sulfide) groups is 1. The largest absolute Gasteiger partial charge is 0.388 e. The number of hydrogen-bond donors (Lipinski definition) is 5. The van der Waals surface area contributed by atoms with Gasteiger partial charge in [-0.25, -0.2) is 0 Å². The van der Waals surface area contributed by atoms with Gasteiger partial charge in [0, 0.05) is 6.54 Å².